The molecule has 1 aliphatic heterocycles. The Hall–Kier alpha value is -2.70. The number of benzene rings is 3. The number of aromatic amines is 1. The van der Waals surface area contributed by atoms with Crippen LogP contribution in [0.25, 0.3) is 11.0 Å². The molecule has 4 aromatic rings. The normalized spacial score (nSPS) is 23.1. The van der Waals surface area contributed by atoms with Crippen LogP contribution in [0, 0.1) is 11.8 Å². The fourth-order valence-electron chi connectivity index (χ4n) is 5.06. The maximum atomic E-state index is 13.4. The first-order chi connectivity index (χ1) is 16.9. The number of halogens is 2. The minimum atomic E-state index is -0.257. The molecule has 1 saturated heterocycles. The summed E-state index contributed by atoms with van der Waals surface area (Å²) in [6.45, 7) is 4.37. The number of fused-ring (bicyclic) bond motifs is 1. The predicted octanol–water partition coefficient (Wildman–Crippen LogP) is 6.98. The van der Waals surface area contributed by atoms with Crippen molar-refractivity contribution in [3.8, 4) is 0 Å². The lowest BCUT2D eigenvalue weighted by atomic mass is 9.76. The van der Waals surface area contributed by atoms with Gasteiger partial charge < -0.3 is 4.98 Å². The van der Waals surface area contributed by atoms with E-state index in [0.29, 0.717) is 23.1 Å². The first kappa shape index (κ1) is 24.0. The highest BCUT2D eigenvalue weighted by molar-refractivity contribution is 6.30. The molecular formula is C28H27Cl2N3O2. The summed E-state index contributed by atoms with van der Waals surface area (Å²) in [6.07, 6.45) is 0.614. The molecule has 7 heteroatoms. The van der Waals surface area contributed by atoms with Gasteiger partial charge in [0, 0.05) is 28.3 Å². The van der Waals surface area contributed by atoms with Crippen molar-refractivity contribution in [2.75, 3.05) is 6.61 Å². The highest BCUT2D eigenvalue weighted by Crippen LogP contribution is 2.46. The standard InChI is InChI=1S/C28H27Cl2N3O2/c1-17-26(19-7-11-21(29)12-8-19)33(27(18(2)28(17)34)20-9-13-22(30)14-10-20)35-16-15-25-31-23-5-3-4-6-24(23)32-25/h3-14,17-18,26-27H,15-16H2,1-2H3,(H,31,32)/t17-,18+,26+,27-. The number of H-pyrrole nitrogens is 1. The molecule has 0 radical (unpaired) electrons. The SMILES string of the molecule is C[C@@H]1C(=O)[C@H](C)[C@@H](c2ccc(Cl)cc2)N(OCCc2nc3ccccc3[nH]2)[C@H]1c1ccc(Cl)cc1. The number of hydrogen-bond acceptors (Lipinski definition) is 4. The van der Waals surface area contributed by atoms with Crippen molar-refractivity contribution in [2.24, 2.45) is 11.8 Å². The van der Waals surface area contributed by atoms with Gasteiger partial charge >= 0.3 is 0 Å². The van der Waals surface area contributed by atoms with Crippen molar-refractivity contribution in [3.63, 3.8) is 0 Å². The van der Waals surface area contributed by atoms with E-state index in [1.807, 2.05) is 91.7 Å². The minimum absolute atomic E-state index is 0.210. The molecule has 0 aliphatic carbocycles. The maximum Gasteiger partial charge on any atom is 0.142 e. The van der Waals surface area contributed by atoms with Gasteiger partial charge in [0.1, 0.15) is 11.6 Å². The van der Waals surface area contributed by atoms with Gasteiger partial charge in [0.25, 0.3) is 0 Å². The van der Waals surface area contributed by atoms with E-state index in [0.717, 1.165) is 28.0 Å². The van der Waals surface area contributed by atoms with Crippen LogP contribution in [-0.2, 0) is 16.1 Å². The van der Waals surface area contributed by atoms with Crippen LogP contribution in [0.4, 0.5) is 0 Å². The fourth-order valence-corrected chi connectivity index (χ4v) is 5.32. The smallest absolute Gasteiger partial charge is 0.142 e. The largest absolute Gasteiger partial charge is 0.342 e. The molecule has 180 valence electrons. The average Bonchev–Trinajstić information content (AvgIpc) is 3.28. The first-order valence-corrected chi connectivity index (χ1v) is 12.6. The Bertz CT molecular complexity index is 1230. The number of aromatic nitrogens is 2. The molecule has 0 bridgehead atoms. The maximum absolute atomic E-state index is 13.4. The molecule has 1 aromatic heterocycles. The van der Waals surface area contributed by atoms with Crippen LogP contribution in [-0.4, -0.2) is 27.4 Å². The zero-order valence-corrected chi connectivity index (χ0v) is 21.1. The Morgan fingerprint density at radius 1 is 0.857 bits per heavy atom. The summed E-state index contributed by atoms with van der Waals surface area (Å²) in [4.78, 5) is 28.0. The van der Waals surface area contributed by atoms with Gasteiger partial charge in [-0.2, -0.15) is 5.06 Å². The second kappa shape index (κ2) is 10.1. The molecule has 0 spiro atoms. The third-order valence-corrected chi connectivity index (χ3v) is 7.34. The topological polar surface area (TPSA) is 58.2 Å². The van der Waals surface area contributed by atoms with E-state index < -0.39 is 0 Å². The molecule has 5 nitrogen and oxygen atoms in total. The molecule has 0 unspecified atom stereocenters. The van der Waals surface area contributed by atoms with E-state index in [2.05, 4.69) is 9.97 Å². The monoisotopic (exact) mass is 507 g/mol. The van der Waals surface area contributed by atoms with Gasteiger partial charge in [0.15, 0.2) is 0 Å². The van der Waals surface area contributed by atoms with E-state index in [-0.39, 0.29) is 29.7 Å². The number of nitrogens with zero attached hydrogens (tertiary/aromatic N) is 2. The van der Waals surface area contributed by atoms with Gasteiger partial charge in [-0.25, -0.2) is 4.98 Å². The number of imidazole rings is 1. The Morgan fingerprint density at radius 2 is 1.40 bits per heavy atom. The van der Waals surface area contributed by atoms with Crippen molar-refractivity contribution in [2.45, 2.75) is 32.4 Å². The number of para-hydroxylation sites is 2. The lowest BCUT2D eigenvalue weighted by Crippen LogP contribution is -2.49. The summed E-state index contributed by atoms with van der Waals surface area (Å²) >= 11 is 12.3. The molecule has 1 aliphatic rings. The van der Waals surface area contributed by atoms with Crippen LogP contribution in [0.3, 0.4) is 0 Å². The van der Waals surface area contributed by atoms with E-state index in [1.165, 1.54) is 0 Å². The average molecular weight is 508 g/mol. The Morgan fingerprint density at radius 3 is 1.94 bits per heavy atom. The van der Waals surface area contributed by atoms with Crippen molar-refractivity contribution in [1.82, 2.24) is 15.0 Å². The van der Waals surface area contributed by atoms with Crippen molar-refractivity contribution < 1.29 is 9.63 Å². The molecule has 5 rings (SSSR count). The molecule has 3 aromatic carbocycles. The lowest BCUT2D eigenvalue weighted by molar-refractivity contribution is -0.246. The van der Waals surface area contributed by atoms with Gasteiger partial charge in [-0.3, -0.25) is 9.63 Å². The molecule has 1 N–H and O–H groups in total. The number of nitrogens with one attached hydrogen (secondary N) is 1. The summed E-state index contributed by atoms with van der Waals surface area (Å²) in [5, 5.41) is 3.32. The second-order valence-corrected chi connectivity index (χ2v) is 9.99. The summed E-state index contributed by atoms with van der Waals surface area (Å²) < 4.78 is 0. The number of Topliss-reactive ketones (excluding diaryl/α,β-unsaturated/α-hetero) is 1. The van der Waals surface area contributed by atoms with Gasteiger partial charge in [-0.15, -0.1) is 0 Å². The summed E-state index contributed by atoms with van der Waals surface area (Å²) in [7, 11) is 0. The van der Waals surface area contributed by atoms with E-state index in [1.54, 1.807) is 0 Å². The zero-order valence-electron chi connectivity index (χ0n) is 19.6. The van der Waals surface area contributed by atoms with Gasteiger partial charge in [0.05, 0.1) is 29.7 Å². The number of hydroxylamine groups is 2. The summed E-state index contributed by atoms with van der Waals surface area (Å²) in [6, 6.07) is 22.8. The van der Waals surface area contributed by atoms with Crippen molar-refractivity contribution in [3.05, 3.63) is 99.8 Å². The van der Waals surface area contributed by atoms with Crippen LogP contribution >= 0.6 is 23.2 Å². The first-order valence-electron chi connectivity index (χ1n) is 11.8. The van der Waals surface area contributed by atoms with E-state index in [4.69, 9.17) is 28.0 Å². The zero-order chi connectivity index (χ0) is 24.5. The minimum Gasteiger partial charge on any atom is -0.342 e. The Balaban J connectivity index is 1.47. The predicted molar refractivity (Wildman–Crippen MR) is 139 cm³/mol. The van der Waals surface area contributed by atoms with Crippen molar-refractivity contribution in [1.29, 1.82) is 0 Å². The number of rotatable bonds is 6. The van der Waals surface area contributed by atoms with Crippen LogP contribution < -0.4 is 0 Å². The molecule has 4 atom stereocenters. The molecule has 2 heterocycles. The van der Waals surface area contributed by atoms with Crippen LogP contribution in [0.15, 0.2) is 72.8 Å². The highest BCUT2D eigenvalue weighted by atomic mass is 35.5. The van der Waals surface area contributed by atoms with Gasteiger partial charge in [-0.1, -0.05) is 73.4 Å². The molecule has 1 fully saturated rings. The molecule has 35 heavy (non-hydrogen) atoms. The van der Waals surface area contributed by atoms with Crippen LogP contribution in [0.1, 0.15) is 42.9 Å². The highest BCUT2D eigenvalue weighted by Gasteiger charge is 2.47. The summed E-state index contributed by atoms with van der Waals surface area (Å²) in [5.41, 5.74) is 3.92. The third-order valence-electron chi connectivity index (χ3n) is 6.83. The number of carbonyl (C=O) groups is 1. The summed E-state index contributed by atoms with van der Waals surface area (Å²) in [5.74, 6) is 0.579. The Labute approximate surface area is 215 Å². The van der Waals surface area contributed by atoms with E-state index in [9.17, 15) is 4.79 Å². The second-order valence-electron chi connectivity index (χ2n) is 9.12. The van der Waals surface area contributed by atoms with Crippen LogP contribution in [0.2, 0.25) is 10.0 Å². The van der Waals surface area contributed by atoms with Gasteiger partial charge in [-0.05, 0) is 47.5 Å². The van der Waals surface area contributed by atoms with Crippen molar-refractivity contribution >= 4 is 40.0 Å². The Kier molecular flexibility index (Phi) is 6.94. The molecule has 0 amide bonds. The van der Waals surface area contributed by atoms with Crippen LogP contribution in [0.5, 0.6) is 0 Å². The number of hydrogen-bond donors (Lipinski definition) is 1. The number of ketones is 1. The third kappa shape index (κ3) is 4.87. The van der Waals surface area contributed by atoms with Gasteiger partial charge in [0.2, 0.25) is 0 Å². The number of carbonyl (C=O) groups excluding carboxylic acids is 1. The lowest BCUT2D eigenvalue weighted by Gasteiger charge is -2.47. The van der Waals surface area contributed by atoms with E-state index >= 15 is 0 Å². The quantitative estimate of drug-likeness (QED) is 0.305. The molecular weight excluding hydrogens is 481 g/mol. The number of piperidine rings is 1. The molecule has 0 saturated carbocycles. The fraction of sp³-hybridized carbons (Fsp3) is 0.286.